The topological polar surface area (TPSA) is 84.9 Å². The average molecular weight is 516 g/mol. The summed E-state index contributed by atoms with van der Waals surface area (Å²) in [7, 11) is 1.67. The summed E-state index contributed by atoms with van der Waals surface area (Å²) in [5.41, 5.74) is 4.19. The van der Waals surface area contributed by atoms with Gasteiger partial charge < -0.3 is 19.9 Å². The van der Waals surface area contributed by atoms with Crippen LogP contribution in [0.25, 0.3) is 10.8 Å². The molecule has 0 fully saturated rings. The first-order chi connectivity index (χ1) is 17.9. The molecule has 1 aliphatic heterocycles. The number of hydrogen-bond donors (Lipinski definition) is 2. The molecule has 7 heteroatoms. The number of carboxylic acid groups (broad SMARTS) is 1. The second-order valence-corrected chi connectivity index (χ2v) is 10.5. The van der Waals surface area contributed by atoms with Crippen LogP contribution in [0, 0.1) is 0 Å². The fourth-order valence-electron chi connectivity index (χ4n) is 4.81. The minimum absolute atomic E-state index is 0.0881. The van der Waals surface area contributed by atoms with Gasteiger partial charge in [0.15, 0.2) is 0 Å². The fourth-order valence-corrected chi connectivity index (χ4v) is 6.10. The lowest BCUT2D eigenvalue weighted by Gasteiger charge is -2.17. The van der Waals surface area contributed by atoms with Crippen LogP contribution < -0.4 is 10.1 Å². The number of aromatic carboxylic acids is 1. The number of carboxylic acids is 1. The number of carbonyl (C=O) groups excluding carboxylic acids is 1. The molecule has 190 valence electrons. The van der Waals surface area contributed by atoms with E-state index in [1.807, 2.05) is 19.1 Å². The average Bonchev–Trinajstić information content (AvgIpc) is 3.30. The molecule has 0 aliphatic carbocycles. The molecule has 1 aromatic heterocycles. The molecule has 0 bridgehead atoms. The monoisotopic (exact) mass is 515 g/mol. The molecule has 2 N–H and O–H groups in total. The molecule has 0 unspecified atom stereocenters. The summed E-state index contributed by atoms with van der Waals surface area (Å²) < 4.78 is 11.0. The maximum absolute atomic E-state index is 13.6. The molecule has 1 amide bonds. The lowest BCUT2D eigenvalue weighted by Crippen LogP contribution is -2.28. The fraction of sp³-hybridized carbons (Fsp3) is 0.267. The van der Waals surface area contributed by atoms with Crippen molar-refractivity contribution >= 4 is 34.0 Å². The number of amides is 1. The van der Waals surface area contributed by atoms with E-state index in [0.717, 1.165) is 62.2 Å². The van der Waals surface area contributed by atoms with Crippen molar-refractivity contribution in [2.24, 2.45) is 0 Å². The summed E-state index contributed by atoms with van der Waals surface area (Å²) in [6.45, 7) is 3.08. The van der Waals surface area contributed by atoms with Gasteiger partial charge in [0.05, 0.1) is 37.5 Å². The molecule has 0 saturated carbocycles. The van der Waals surface area contributed by atoms with Crippen LogP contribution in [0.3, 0.4) is 0 Å². The SMILES string of the molecule is COc1ccc2cc(CCc3sc4c(c3C(=O)N[C@@H](C)c3ccc(C(=O)O)cc3)CCOC4)ccc2c1. The van der Waals surface area contributed by atoms with Crippen molar-refractivity contribution in [1.29, 1.82) is 0 Å². The van der Waals surface area contributed by atoms with Crippen LogP contribution in [0.5, 0.6) is 5.75 Å². The molecule has 2 heterocycles. The van der Waals surface area contributed by atoms with Crippen LogP contribution in [0.1, 0.15) is 60.1 Å². The molecule has 0 spiro atoms. The molecule has 6 nitrogen and oxygen atoms in total. The number of carbonyl (C=O) groups is 2. The van der Waals surface area contributed by atoms with Crippen molar-refractivity contribution in [3.63, 3.8) is 0 Å². The Balaban J connectivity index is 1.36. The highest BCUT2D eigenvalue weighted by Crippen LogP contribution is 2.34. The lowest BCUT2D eigenvalue weighted by atomic mass is 9.98. The Hall–Kier alpha value is -3.68. The lowest BCUT2D eigenvalue weighted by molar-refractivity contribution is 0.0696. The Morgan fingerprint density at radius 1 is 1.05 bits per heavy atom. The highest BCUT2D eigenvalue weighted by molar-refractivity contribution is 7.12. The number of nitrogens with one attached hydrogen (secondary N) is 1. The minimum Gasteiger partial charge on any atom is -0.497 e. The second-order valence-electron chi connectivity index (χ2n) is 9.27. The van der Waals surface area contributed by atoms with E-state index in [2.05, 4.69) is 29.6 Å². The highest BCUT2D eigenvalue weighted by atomic mass is 32.1. The van der Waals surface area contributed by atoms with Crippen molar-refractivity contribution in [3.8, 4) is 5.75 Å². The van der Waals surface area contributed by atoms with Crippen molar-refractivity contribution in [2.45, 2.75) is 38.8 Å². The molecule has 1 atom stereocenters. The van der Waals surface area contributed by atoms with Gasteiger partial charge in [0.25, 0.3) is 5.91 Å². The molecule has 1 aliphatic rings. The van der Waals surface area contributed by atoms with Crippen LogP contribution >= 0.6 is 11.3 Å². The van der Waals surface area contributed by atoms with Gasteiger partial charge in [-0.15, -0.1) is 11.3 Å². The third-order valence-corrected chi connectivity index (χ3v) is 8.14. The number of benzene rings is 3. The number of ether oxygens (including phenoxy) is 2. The largest absolute Gasteiger partial charge is 0.497 e. The second kappa shape index (κ2) is 10.7. The Kier molecular flexibility index (Phi) is 7.26. The number of thiophene rings is 1. The van der Waals surface area contributed by atoms with Crippen LogP contribution in [0.2, 0.25) is 0 Å². The zero-order valence-electron chi connectivity index (χ0n) is 20.9. The smallest absolute Gasteiger partial charge is 0.335 e. The Labute approximate surface area is 219 Å². The summed E-state index contributed by atoms with van der Waals surface area (Å²) in [5.74, 6) is -0.213. The van der Waals surface area contributed by atoms with E-state index in [0.29, 0.717) is 13.2 Å². The number of aryl methyl sites for hydroxylation is 2. The van der Waals surface area contributed by atoms with Gasteiger partial charge in [-0.2, -0.15) is 0 Å². The Bertz CT molecular complexity index is 1460. The normalized spacial score (nSPS) is 13.7. The molecule has 0 radical (unpaired) electrons. The first-order valence-corrected chi connectivity index (χ1v) is 13.2. The van der Waals surface area contributed by atoms with Crippen LogP contribution in [-0.2, 0) is 30.6 Å². The van der Waals surface area contributed by atoms with Gasteiger partial charge in [-0.25, -0.2) is 4.79 Å². The summed E-state index contributed by atoms with van der Waals surface area (Å²) in [6, 6.07) is 18.9. The Morgan fingerprint density at radius 2 is 1.81 bits per heavy atom. The van der Waals surface area contributed by atoms with E-state index >= 15 is 0 Å². The maximum Gasteiger partial charge on any atom is 0.335 e. The summed E-state index contributed by atoms with van der Waals surface area (Å²) in [6.07, 6.45) is 2.33. The van der Waals surface area contributed by atoms with Crippen LogP contribution in [-0.4, -0.2) is 30.7 Å². The van der Waals surface area contributed by atoms with Gasteiger partial charge >= 0.3 is 5.97 Å². The predicted molar refractivity (Wildman–Crippen MR) is 145 cm³/mol. The first kappa shape index (κ1) is 25.0. The molecule has 3 aromatic carbocycles. The van der Waals surface area contributed by atoms with Crippen LogP contribution in [0.4, 0.5) is 0 Å². The van der Waals surface area contributed by atoms with E-state index in [1.54, 1.807) is 42.7 Å². The summed E-state index contributed by atoms with van der Waals surface area (Å²) in [5, 5.41) is 14.6. The summed E-state index contributed by atoms with van der Waals surface area (Å²) in [4.78, 5) is 26.9. The first-order valence-electron chi connectivity index (χ1n) is 12.3. The molecule has 5 rings (SSSR count). The molecular formula is C30H29NO5S. The quantitative estimate of drug-likeness (QED) is 0.303. The van der Waals surface area contributed by atoms with Gasteiger partial charge in [-0.3, -0.25) is 4.79 Å². The zero-order valence-corrected chi connectivity index (χ0v) is 21.7. The van der Waals surface area contributed by atoms with E-state index in [4.69, 9.17) is 14.6 Å². The number of rotatable bonds is 8. The predicted octanol–water partition coefficient (Wildman–Crippen LogP) is 5.96. The number of hydrogen-bond acceptors (Lipinski definition) is 5. The number of methoxy groups -OCH3 is 1. The molecular weight excluding hydrogens is 486 g/mol. The third-order valence-electron chi connectivity index (χ3n) is 6.88. The van der Waals surface area contributed by atoms with Gasteiger partial charge in [0.2, 0.25) is 0 Å². The molecule has 37 heavy (non-hydrogen) atoms. The highest BCUT2D eigenvalue weighted by Gasteiger charge is 2.26. The standard InChI is InChI=1S/C30H29NO5S/c1-18(20-6-8-21(9-7-20)30(33)34)31-29(32)28-25-13-14-36-17-27(25)37-26(28)12-4-19-3-5-23-16-24(35-2)11-10-22(23)15-19/h3,5-11,15-16,18H,4,12-14,17H2,1-2H3,(H,31,32)(H,33,34)/t18-/m0/s1. The van der Waals surface area contributed by atoms with Gasteiger partial charge in [-0.1, -0.05) is 36.4 Å². The van der Waals surface area contributed by atoms with E-state index < -0.39 is 5.97 Å². The van der Waals surface area contributed by atoms with Crippen molar-refractivity contribution < 1.29 is 24.2 Å². The van der Waals surface area contributed by atoms with Gasteiger partial charge in [-0.05, 0) is 77.9 Å². The van der Waals surface area contributed by atoms with Crippen molar-refractivity contribution in [3.05, 3.63) is 98.2 Å². The minimum atomic E-state index is -0.967. The third kappa shape index (κ3) is 5.38. The van der Waals surface area contributed by atoms with Crippen molar-refractivity contribution in [1.82, 2.24) is 5.32 Å². The van der Waals surface area contributed by atoms with E-state index in [9.17, 15) is 9.59 Å². The van der Waals surface area contributed by atoms with Crippen LogP contribution in [0.15, 0.2) is 60.7 Å². The Morgan fingerprint density at radius 3 is 2.57 bits per heavy atom. The zero-order chi connectivity index (χ0) is 25.9. The van der Waals surface area contributed by atoms with E-state index in [1.165, 1.54) is 5.56 Å². The molecule has 0 saturated heterocycles. The van der Waals surface area contributed by atoms with Crippen molar-refractivity contribution in [2.75, 3.05) is 13.7 Å². The van der Waals surface area contributed by atoms with Gasteiger partial charge in [0, 0.05) is 9.75 Å². The maximum atomic E-state index is 13.6. The molecule has 4 aromatic rings. The number of fused-ring (bicyclic) bond motifs is 2. The summed E-state index contributed by atoms with van der Waals surface area (Å²) >= 11 is 1.68. The van der Waals surface area contributed by atoms with Gasteiger partial charge in [0.1, 0.15) is 5.75 Å². The van der Waals surface area contributed by atoms with E-state index in [-0.39, 0.29) is 17.5 Å².